The molecule has 0 saturated heterocycles. The van der Waals surface area contributed by atoms with Crippen LogP contribution in [0.3, 0.4) is 0 Å². The highest BCUT2D eigenvalue weighted by molar-refractivity contribution is 9.09. The van der Waals surface area contributed by atoms with E-state index in [1.54, 1.807) is 0 Å². The second kappa shape index (κ2) is 6.17. The first-order valence-corrected chi connectivity index (χ1v) is 4.93. The SMILES string of the molecule is CCCCC([O])C(Br)CC. The van der Waals surface area contributed by atoms with E-state index in [9.17, 15) is 5.11 Å². The molecule has 0 aliphatic rings. The molecule has 2 heteroatoms. The molecular weight excluding hydrogens is 192 g/mol. The molecule has 0 N–H and O–H groups in total. The zero-order valence-electron chi connectivity index (χ0n) is 6.77. The van der Waals surface area contributed by atoms with Crippen LogP contribution in [0.1, 0.15) is 39.5 Å². The van der Waals surface area contributed by atoms with Crippen LogP contribution < -0.4 is 0 Å². The van der Waals surface area contributed by atoms with Crippen LogP contribution in [0.4, 0.5) is 0 Å². The summed E-state index contributed by atoms with van der Waals surface area (Å²) in [4.78, 5) is 0.180. The van der Waals surface area contributed by atoms with Gasteiger partial charge < -0.3 is 0 Å². The third-order valence-corrected chi connectivity index (χ3v) is 2.87. The van der Waals surface area contributed by atoms with Gasteiger partial charge in [0.1, 0.15) is 6.10 Å². The Labute approximate surface area is 72.0 Å². The van der Waals surface area contributed by atoms with Crippen molar-refractivity contribution < 1.29 is 5.11 Å². The molecule has 61 valence electrons. The number of rotatable bonds is 5. The third kappa shape index (κ3) is 4.29. The molecule has 0 heterocycles. The van der Waals surface area contributed by atoms with E-state index >= 15 is 0 Å². The molecule has 0 bridgehead atoms. The quantitative estimate of drug-likeness (QED) is 0.618. The number of alkyl halides is 1. The molecule has 0 rings (SSSR count). The fraction of sp³-hybridized carbons (Fsp3) is 1.00. The molecule has 0 aromatic heterocycles. The van der Waals surface area contributed by atoms with Gasteiger partial charge >= 0.3 is 0 Å². The Hall–Kier alpha value is 0.440. The molecule has 0 aliphatic heterocycles. The van der Waals surface area contributed by atoms with Gasteiger partial charge in [0.15, 0.2) is 0 Å². The summed E-state index contributed by atoms with van der Waals surface area (Å²) in [6.07, 6.45) is 3.56. The average Bonchev–Trinajstić information content (AvgIpc) is 1.98. The first kappa shape index (κ1) is 10.4. The van der Waals surface area contributed by atoms with Gasteiger partial charge in [-0.25, -0.2) is 5.11 Å². The number of halogens is 1. The molecule has 2 atom stereocenters. The van der Waals surface area contributed by atoms with Gasteiger partial charge in [0.25, 0.3) is 0 Å². The van der Waals surface area contributed by atoms with E-state index in [0.29, 0.717) is 0 Å². The Morgan fingerprint density at radius 3 is 2.40 bits per heavy atom. The maximum absolute atomic E-state index is 11.2. The fourth-order valence-electron chi connectivity index (χ4n) is 0.849. The lowest BCUT2D eigenvalue weighted by Crippen LogP contribution is -2.17. The molecular formula is C8H16BrO. The van der Waals surface area contributed by atoms with Gasteiger partial charge in [-0.05, 0) is 12.8 Å². The minimum atomic E-state index is -0.398. The van der Waals surface area contributed by atoms with E-state index in [0.717, 1.165) is 25.7 Å². The summed E-state index contributed by atoms with van der Waals surface area (Å²) in [5.41, 5.74) is 0. The zero-order chi connectivity index (χ0) is 7.98. The maximum Gasteiger partial charge on any atom is 0.105 e. The van der Waals surface area contributed by atoms with Gasteiger partial charge in [0.2, 0.25) is 0 Å². The van der Waals surface area contributed by atoms with Crippen molar-refractivity contribution in [2.45, 2.75) is 50.5 Å². The first-order chi connectivity index (χ1) is 4.72. The molecule has 0 aliphatic carbocycles. The Morgan fingerprint density at radius 2 is 2.00 bits per heavy atom. The summed E-state index contributed by atoms with van der Waals surface area (Å²) >= 11 is 3.36. The minimum Gasteiger partial charge on any atom is -0.232 e. The van der Waals surface area contributed by atoms with Crippen molar-refractivity contribution in [3.05, 3.63) is 0 Å². The van der Waals surface area contributed by atoms with Crippen molar-refractivity contribution in [3.63, 3.8) is 0 Å². The van der Waals surface area contributed by atoms with Crippen LogP contribution in [0.15, 0.2) is 0 Å². The average molecular weight is 208 g/mol. The lowest BCUT2D eigenvalue weighted by atomic mass is 10.1. The monoisotopic (exact) mass is 207 g/mol. The van der Waals surface area contributed by atoms with Crippen LogP contribution in [0.5, 0.6) is 0 Å². The normalized spacial score (nSPS) is 16.8. The predicted octanol–water partition coefficient (Wildman–Crippen LogP) is 3.15. The fourth-order valence-corrected chi connectivity index (χ4v) is 1.11. The van der Waals surface area contributed by atoms with Crippen LogP contribution in [-0.4, -0.2) is 10.9 Å². The van der Waals surface area contributed by atoms with Gasteiger partial charge in [-0.3, -0.25) is 0 Å². The molecule has 2 unspecified atom stereocenters. The van der Waals surface area contributed by atoms with Crippen LogP contribution in [-0.2, 0) is 5.11 Å². The van der Waals surface area contributed by atoms with E-state index in [2.05, 4.69) is 22.9 Å². The van der Waals surface area contributed by atoms with E-state index in [-0.39, 0.29) is 4.83 Å². The number of hydrogen-bond acceptors (Lipinski definition) is 0. The maximum atomic E-state index is 11.2. The zero-order valence-corrected chi connectivity index (χ0v) is 8.36. The van der Waals surface area contributed by atoms with Crippen molar-refractivity contribution in [3.8, 4) is 0 Å². The van der Waals surface area contributed by atoms with Gasteiger partial charge in [-0.15, -0.1) is 0 Å². The van der Waals surface area contributed by atoms with Crippen molar-refractivity contribution in [1.82, 2.24) is 0 Å². The summed E-state index contributed by atoms with van der Waals surface area (Å²) in [7, 11) is 0. The largest absolute Gasteiger partial charge is 0.232 e. The topological polar surface area (TPSA) is 19.9 Å². The molecule has 0 saturated carbocycles. The summed E-state index contributed by atoms with van der Waals surface area (Å²) < 4.78 is 0. The summed E-state index contributed by atoms with van der Waals surface area (Å²) in [5, 5.41) is 11.2. The van der Waals surface area contributed by atoms with Crippen LogP contribution in [0.2, 0.25) is 0 Å². The molecule has 0 spiro atoms. The molecule has 1 nitrogen and oxygen atoms in total. The second-order valence-electron chi connectivity index (χ2n) is 2.60. The highest BCUT2D eigenvalue weighted by atomic mass is 79.9. The van der Waals surface area contributed by atoms with Crippen LogP contribution in [0, 0.1) is 0 Å². The van der Waals surface area contributed by atoms with E-state index in [1.165, 1.54) is 0 Å². The molecule has 0 aromatic carbocycles. The van der Waals surface area contributed by atoms with Crippen molar-refractivity contribution in [2.75, 3.05) is 0 Å². The molecule has 0 fully saturated rings. The predicted molar refractivity (Wildman–Crippen MR) is 47.0 cm³/mol. The Morgan fingerprint density at radius 1 is 1.40 bits per heavy atom. The van der Waals surface area contributed by atoms with Crippen molar-refractivity contribution in [2.24, 2.45) is 0 Å². The number of unbranched alkanes of at least 4 members (excludes halogenated alkanes) is 1. The smallest absolute Gasteiger partial charge is 0.105 e. The Bertz CT molecular complexity index is 75.7. The van der Waals surface area contributed by atoms with E-state index in [4.69, 9.17) is 0 Å². The van der Waals surface area contributed by atoms with E-state index < -0.39 is 6.10 Å². The summed E-state index contributed by atoms with van der Waals surface area (Å²) in [6, 6.07) is 0. The van der Waals surface area contributed by atoms with Crippen LogP contribution >= 0.6 is 15.9 Å². The van der Waals surface area contributed by atoms with Crippen LogP contribution in [0.25, 0.3) is 0 Å². The number of hydrogen-bond donors (Lipinski definition) is 0. The Balaban J connectivity index is 3.31. The first-order valence-electron chi connectivity index (χ1n) is 4.02. The molecule has 10 heavy (non-hydrogen) atoms. The molecule has 0 aromatic rings. The van der Waals surface area contributed by atoms with E-state index in [1.807, 2.05) is 6.92 Å². The van der Waals surface area contributed by atoms with Gasteiger partial charge in [0, 0.05) is 4.83 Å². The van der Waals surface area contributed by atoms with Crippen molar-refractivity contribution in [1.29, 1.82) is 0 Å². The molecule has 1 radical (unpaired) electrons. The Kier molecular flexibility index (Phi) is 6.44. The standard InChI is InChI=1S/C8H16BrO/c1-3-5-6-8(10)7(9)4-2/h7-8H,3-6H2,1-2H3. The van der Waals surface area contributed by atoms with Gasteiger partial charge in [-0.2, -0.15) is 0 Å². The highest BCUT2D eigenvalue weighted by Gasteiger charge is 2.14. The third-order valence-electron chi connectivity index (χ3n) is 1.64. The summed E-state index contributed by atoms with van der Waals surface area (Å²) in [6.45, 7) is 4.15. The van der Waals surface area contributed by atoms with Gasteiger partial charge in [0.05, 0.1) is 0 Å². The van der Waals surface area contributed by atoms with Crippen molar-refractivity contribution >= 4 is 15.9 Å². The second-order valence-corrected chi connectivity index (χ2v) is 3.78. The summed E-state index contributed by atoms with van der Waals surface area (Å²) in [5.74, 6) is 0. The molecule has 0 amide bonds. The lowest BCUT2D eigenvalue weighted by molar-refractivity contribution is 0.0777. The minimum absolute atomic E-state index is 0.180. The highest BCUT2D eigenvalue weighted by Crippen LogP contribution is 2.15. The van der Waals surface area contributed by atoms with Gasteiger partial charge in [-0.1, -0.05) is 42.6 Å². The lowest BCUT2D eigenvalue weighted by Gasteiger charge is -2.11.